The van der Waals surface area contributed by atoms with Gasteiger partial charge in [0.25, 0.3) is 0 Å². The molecule has 1 amide bonds. The molecule has 2 rings (SSSR count). The first kappa shape index (κ1) is 16.5. The molecule has 23 heavy (non-hydrogen) atoms. The average molecular weight is 313 g/mol. The Morgan fingerprint density at radius 3 is 2.74 bits per heavy atom. The van der Waals surface area contributed by atoms with Crippen LogP contribution in [0.5, 0.6) is 0 Å². The number of esters is 1. The van der Waals surface area contributed by atoms with Crippen molar-refractivity contribution in [2.45, 2.75) is 26.9 Å². The van der Waals surface area contributed by atoms with E-state index in [2.05, 4.69) is 5.32 Å². The minimum Gasteiger partial charge on any atom is -0.458 e. The van der Waals surface area contributed by atoms with E-state index in [0.717, 1.165) is 17.7 Å². The molecule has 0 radical (unpaired) electrons. The monoisotopic (exact) mass is 313 g/mol. The van der Waals surface area contributed by atoms with Crippen LogP contribution in [0.3, 0.4) is 0 Å². The molecule has 0 aliphatic carbocycles. The Morgan fingerprint density at radius 2 is 2.00 bits per heavy atom. The van der Waals surface area contributed by atoms with Gasteiger partial charge in [0.2, 0.25) is 5.91 Å². The predicted octanol–water partition coefficient (Wildman–Crippen LogP) is 3.56. The van der Waals surface area contributed by atoms with E-state index in [1.807, 2.05) is 31.2 Å². The van der Waals surface area contributed by atoms with E-state index in [4.69, 9.17) is 9.15 Å². The van der Waals surface area contributed by atoms with Gasteiger partial charge in [0.05, 0.1) is 0 Å². The number of rotatable bonds is 6. The summed E-state index contributed by atoms with van der Waals surface area (Å²) in [6, 6.07) is 11.1. The summed E-state index contributed by atoms with van der Waals surface area (Å²) in [5.74, 6) is 0.443. The molecule has 1 aromatic heterocycles. The third kappa shape index (κ3) is 5.14. The Hall–Kier alpha value is -2.82. The lowest BCUT2D eigenvalue weighted by molar-refractivity contribution is -0.142. The summed E-state index contributed by atoms with van der Waals surface area (Å²) in [5, 5.41) is 2.84. The summed E-state index contributed by atoms with van der Waals surface area (Å²) < 4.78 is 10.3. The number of nitrogens with one attached hydrogen (secondary N) is 1. The zero-order valence-electron chi connectivity index (χ0n) is 13.2. The van der Waals surface area contributed by atoms with E-state index in [1.165, 1.54) is 13.0 Å². The van der Waals surface area contributed by atoms with Crippen molar-refractivity contribution in [2.75, 3.05) is 5.32 Å². The van der Waals surface area contributed by atoms with Crippen LogP contribution < -0.4 is 5.32 Å². The predicted molar refractivity (Wildman–Crippen MR) is 87.7 cm³/mol. The maximum absolute atomic E-state index is 12.0. The van der Waals surface area contributed by atoms with E-state index in [0.29, 0.717) is 11.5 Å². The van der Waals surface area contributed by atoms with Crippen LogP contribution in [0.4, 0.5) is 5.69 Å². The van der Waals surface area contributed by atoms with Crippen LogP contribution in [0.25, 0.3) is 6.08 Å². The first-order valence-corrected chi connectivity index (χ1v) is 7.37. The van der Waals surface area contributed by atoms with Gasteiger partial charge >= 0.3 is 5.97 Å². The highest BCUT2D eigenvalue weighted by Crippen LogP contribution is 2.16. The first-order chi connectivity index (χ1) is 11.1. The number of para-hydroxylation sites is 1. The van der Waals surface area contributed by atoms with Crippen LogP contribution in [0.15, 0.2) is 46.9 Å². The first-order valence-electron chi connectivity index (χ1n) is 7.37. The molecule has 5 heteroatoms. The normalized spacial score (nSPS) is 10.7. The summed E-state index contributed by atoms with van der Waals surface area (Å²) in [6.45, 7) is 3.45. The summed E-state index contributed by atoms with van der Waals surface area (Å²) in [7, 11) is 0. The van der Waals surface area contributed by atoms with E-state index in [9.17, 15) is 9.59 Å². The molecule has 0 atom stereocenters. The largest absolute Gasteiger partial charge is 0.458 e. The lowest BCUT2D eigenvalue weighted by atomic mass is 10.1. The molecule has 5 nitrogen and oxygen atoms in total. The zero-order valence-corrected chi connectivity index (χ0v) is 13.2. The van der Waals surface area contributed by atoms with Crippen LogP contribution in [0.1, 0.15) is 30.9 Å². The van der Waals surface area contributed by atoms with Crippen molar-refractivity contribution in [1.82, 2.24) is 0 Å². The Balaban J connectivity index is 1.94. The number of aryl methyl sites for hydroxylation is 1. The molecule has 1 heterocycles. The second-order valence-electron chi connectivity index (χ2n) is 4.92. The van der Waals surface area contributed by atoms with Crippen molar-refractivity contribution in [3.05, 3.63) is 59.6 Å². The number of hydrogen-bond acceptors (Lipinski definition) is 4. The fourth-order valence-corrected chi connectivity index (χ4v) is 2.02. The van der Waals surface area contributed by atoms with Gasteiger partial charge in [-0.3, -0.25) is 9.59 Å². The Bertz CT molecular complexity index is 715. The smallest absolute Gasteiger partial charge is 0.303 e. The molecular formula is C18H19NO4. The van der Waals surface area contributed by atoms with Gasteiger partial charge in [0, 0.05) is 18.7 Å². The molecule has 0 saturated carbocycles. The van der Waals surface area contributed by atoms with Crippen molar-refractivity contribution in [3.8, 4) is 0 Å². The van der Waals surface area contributed by atoms with Gasteiger partial charge in [-0.05, 0) is 36.3 Å². The molecule has 120 valence electrons. The van der Waals surface area contributed by atoms with Crippen LogP contribution in [0.2, 0.25) is 0 Å². The van der Waals surface area contributed by atoms with E-state index in [1.54, 1.807) is 18.2 Å². The minimum absolute atomic E-state index is 0.0826. The van der Waals surface area contributed by atoms with Crippen molar-refractivity contribution >= 4 is 23.6 Å². The summed E-state index contributed by atoms with van der Waals surface area (Å²) in [5.41, 5.74) is 1.88. The van der Waals surface area contributed by atoms with Crippen LogP contribution in [0, 0.1) is 0 Å². The number of hydrogen-bond donors (Lipinski definition) is 1. The van der Waals surface area contributed by atoms with E-state index >= 15 is 0 Å². The van der Waals surface area contributed by atoms with E-state index < -0.39 is 0 Å². The standard InChI is InChI=1S/C18H19NO4/c1-3-14-6-4-5-7-17(14)19-18(21)11-10-15-8-9-16(23-15)12-22-13(2)20/h4-11H,3,12H2,1-2H3,(H,19,21). The van der Waals surface area contributed by atoms with Crippen molar-refractivity contribution < 1.29 is 18.7 Å². The Kier molecular flexibility index (Phi) is 5.74. The van der Waals surface area contributed by atoms with Crippen LogP contribution in [-0.4, -0.2) is 11.9 Å². The highest BCUT2D eigenvalue weighted by Gasteiger charge is 2.04. The molecule has 2 aromatic rings. The van der Waals surface area contributed by atoms with Gasteiger partial charge < -0.3 is 14.5 Å². The second kappa shape index (κ2) is 7.98. The van der Waals surface area contributed by atoms with Crippen molar-refractivity contribution in [1.29, 1.82) is 0 Å². The lowest BCUT2D eigenvalue weighted by Crippen LogP contribution is -2.09. The topological polar surface area (TPSA) is 68.5 Å². The molecule has 0 saturated heterocycles. The highest BCUT2D eigenvalue weighted by atomic mass is 16.5. The quantitative estimate of drug-likeness (QED) is 0.654. The third-order valence-corrected chi connectivity index (χ3v) is 3.16. The lowest BCUT2D eigenvalue weighted by Gasteiger charge is -2.07. The SMILES string of the molecule is CCc1ccccc1NC(=O)C=Cc1ccc(COC(C)=O)o1. The maximum atomic E-state index is 12.0. The summed E-state index contributed by atoms with van der Waals surface area (Å²) in [4.78, 5) is 22.7. The van der Waals surface area contributed by atoms with Gasteiger partial charge in [-0.25, -0.2) is 0 Å². The molecule has 0 bridgehead atoms. The number of carbonyl (C=O) groups excluding carboxylic acids is 2. The van der Waals surface area contributed by atoms with Gasteiger partial charge in [0.1, 0.15) is 18.1 Å². The fourth-order valence-electron chi connectivity index (χ4n) is 2.02. The number of anilines is 1. The Labute approximate surface area is 134 Å². The van der Waals surface area contributed by atoms with Gasteiger partial charge in [-0.15, -0.1) is 0 Å². The van der Waals surface area contributed by atoms with Crippen molar-refractivity contribution in [2.24, 2.45) is 0 Å². The number of furan rings is 1. The molecular weight excluding hydrogens is 294 g/mol. The van der Waals surface area contributed by atoms with Crippen LogP contribution in [-0.2, 0) is 27.4 Å². The molecule has 1 N–H and O–H groups in total. The molecule has 0 fully saturated rings. The maximum Gasteiger partial charge on any atom is 0.303 e. The number of benzene rings is 1. The minimum atomic E-state index is -0.368. The van der Waals surface area contributed by atoms with Crippen LogP contribution >= 0.6 is 0 Å². The molecule has 0 unspecified atom stereocenters. The summed E-state index contributed by atoms with van der Waals surface area (Å²) >= 11 is 0. The van der Waals surface area contributed by atoms with Gasteiger partial charge in [0.15, 0.2) is 0 Å². The summed E-state index contributed by atoms with van der Waals surface area (Å²) in [6.07, 6.45) is 3.82. The average Bonchev–Trinajstić information content (AvgIpc) is 2.99. The number of ether oxygens (including phenoxy) is 1. The van der Waals surface area contributed by atoms with E-state index in [-0.39, 0.29) is 18.5 Å². The number of amides is 1. The molecule has 0 aliphatic heterocycles. The third-order valence-electron chi connectivity index (χ3n) is 3.16. The van der Waals surface area contributed by atoms with Gasteiger partial charge in [-0.2, -0.15) is 0 Å². The Morgan fingerprint density at radius 1 is 1.22 bits per heavy atom. The highest BCUT2D eigenvalue weighted by molar-refractivity contribution is 6.02. The second-order valence-corrected chi connectivity index (χ2v) is 4.92. The molecule has 0 aliphatic rings. The van der Waals surface area contributed by atoms with Crippen molar-refractivity contribution in [3.63, 3.8) is 0 Å². The molecule has 1 aromatic carbocycles. The number of carbonyl (C=O) groups is 2. The molecule has 0 spiro atoms. The zero-order chi connectivity index (χ0) is 16.7. The fraction of sp³-hybridized carbons (Fsp3) is 0.222. The van der Waals surface area contributed by atoms with Gasteiger partial charge in [-0.1, -0.05) is 25.1 Å².